The molecule has 106 valence electrons. The van der Waals surface area contributed by atoms with Gasteiger partial charge in [0, 0.05) is 43.3 Å². The van der Waals surface area contributed by atoms with Gasteiger partial charge in [0.15, 0.2) is 0 Å². The van der Waals surface area contributed by atoms with Crippen LogP contribution in [-0.4, -0.2) is 42.8 Å². The number of halogens is 1. The van der Waals surface area contributed by atoms with Crippen molar-refractivity contribution in [2.45, 2.75) is 26.3 Å². The highest BCUT2D eigenvalue weighted by atomic mass is 79.9. The Labute approximate surface area is 124 Å². The molecule has 0 aromatic heterocycles. The monoisotopic (exact) mass is 326 g/mol. The largest absolute Gasteiger partial charge is 0.378 e. The molecule has 1 rings (SSSR count). The van der Waals surface area contributed by atoms with Gasteiger partial charge in [0.25, 0.3) is 5.91 Å². The zero-order valence-electron chi connectivity index (χ0n) is 12.2. The number of nitrogens with zero attached hydrogens (tertiary/aromatic N) is 2. The molecule has 0 aliphatic carbocycles. The normalized spacial score (nSPS) is 10.6. The molecule has 4 heteroatoms. The lowest BCUT2D eigenvalue weighted by Crippen LogP contribution is -2.37. The smallest absolute Gasteiger partial charge is 0.254 e. The molecule has 1 aromatic carbocycles. The van der Waals surface area contributed by atoms with Gasteiger partial charge in [-0.25, -0.2) is 0 Å². The summed E-state index contributed by atoms with van der Waals surface area (Å²) in [4.78, 5) is 16.5. The highest BCUT2D eigenvalue weighted by molar-refractivity contribution is 9.09. The van der Waals surface area contributed by atoms with E-state index in [1.165, 1.54) is 0 Å². The summed E-state index contributed by atoms with van der Waals surface area (Å²) in [5.41, 5.74) is 1.81. The van der Waals surface area contributed by atoms with Crippen LogP contribution in [0.5, 0.6) is 0 Å². The van der Waals surface area contributed by atoms with Gasteiger partial charge in [-0.15, -0.1) is 0 Å². The van der Waals surface area contributed by atoms with Crippen LogP contribution in [-0.2, 0) is 0 Å². The molecule has 1 aromatic rings. The molecule has 3 nitrogen and oxygen atoms in total. The SMILES string of the molecule is CC(C)N(CCCBr)C(=O)c1cccc(N(C)C)c1. The first-order chi connectivity index (χ1) is 8.97. The second kappa shape index (κ2) is 7.53. The van der Waals surface area contributed by atoms with Gasteiger partial charge in [-0.3, -0.25) is 4.79 Å². The predicted octanol–water partition coefficient (Wildman–Crippen LogP) is 3.39. The van der Waals surface area contributed by atoms with Crippen LogP contribution in [0, 0.1) is 0 Å². The second-order valence-corrected chi connectivity index (χ2v) is 5.87. The van der Waals surface area contributed by atoms with E-state index in [4.69, 9.17) is 0 Å². The van der Waals surface area contributed by atoms with E-state index in [0.29, 0.717) is 0 Å². The summed E-state index contributed by atoms with van der Waals surface area (Å²) < 4.78 is 0. The molecule has 0 saturated carbocycles. The molecular formula is C15H23BrN2O. The Kier molecular flexibility index (Phi) is 6.35. The molecule has 0 unspecified atom stereocenters. The average molecular weight is 327 g/mol. The van der Waals surface area contributed by atoms with E-state index >= 15 is 0 Å². The Balaban J connectivity index is 2.92. The molecule has 0 radical (unpaired) electrons. The minimum Gasteiger partial charge on any atom is -0.378 e. The molecule has 19 heavy (non-hydrogen) atoms. The Morgan fingerprint density at radius 1 is 1.32 bits per heavy atom. The third-order valence-electron chi connectivity index (χ3n) is 3.03. The highest BCUT2D eigenvalue weighted by Crippen LogP contribution is 2.16. The molecule has 0 atom stereocenters. The van der Waals surface area contributed by atoms with Crippen molar-refractivity contribution in [3.05, 3.63) is 29.8 Å². The summed E-state index contributed by atoms with van der Waals surface area (Å²) in [6.45, 7) is 4.90. The lowest BCUT2D eigenvalue weighted by atomic mass is 10.1. The zero-order chi connectivity index (χ0) is 14.4. The summed E-state index contributed by atoms with van der Waals surface area (Å²) in [5.74, 6) is 0.111. The van der Waals surface area contributed by atoms with E-state index in [-0.39, 0.29) is 11.9 Å². The van der Waals surface area contributed by atoms with Gasteiger partial charge >= 0.3 is 0 Å². The van der Waals surface area contributed by atoms with Gasteiger partial charge in [-0.05, 0) is 38.5 Å². The number of rotatable bonds is 6. The van der Waals surface area contributed by atoms with Crippen molar-refractivity contribution < 1.29 is 4.79 Å². The maximum Gasteiger partial charge on any atom is 0.254 e. The van der Waals surface area contributed by atoms with E-state index in [9.17, 15) is 4.79 Å². The van der Waals surface area contributed by atoms with Crippen LogP contribution < -0.4 is 4.90 Å². The average Bonchev–Trinajstić information content (AvgIpc) is 2.38. The van der Waals surface area contributed by atoms with Crippen LogP contribution in [0.25, 0.3) is 0 Å². The number of hydrogen-bond acceptors (Lipinski definition) is 2. The molecule has 0 N–H and O–H groups in total. The molecule has 0 saturated heterocycles. The van der Waals surface area contributed by atoms with Gasteiger partial charge in [0.1, 0.15) is 0 Å². The molecule has 0 bridgehead atoms. The fraction of sp³-hybridized carbons (Fsp3) is 0.533. The first-order valence-corrected chi connectivity index (χ1v) is 7.73. The first-order valence-electron chi connectivity index (χ1n) is 6.61. The quantitative estimate of drug-likeness (QED) is 0.748. The van der Waals surface area contributed by atoms with E-state index in [0.717, 1.165) is 29.5 Å². The van der Waals surface area contributed by atoms with Crippen molar-refractivity contribution in [1.29, 1.82) is 0 Å². The molecule has 0 heterocycles. The minimum atomic E-state index is 0.111. The van der Waals surface area contributed by atoms with Crippen molar-refractivity contribution in [1.82, 2.24) is 4.90 Å². The standard InChI is InChI=1S/C15H23BrN2O/c1-12(2)18(10-6-9-16)15(19)13-7-5-8-14(11-13)17(3)4/h5,7-8,11-12H,6,9-10H2,1-4H3. The predicted molar refractivity (Wildman–Crippen MR) is 85.4 cm³/mol. The number of amides is 1. The fourth-order valence-electron chi connectivity index (χ4n) is 1.91. The van der Waals surface area contributed by atoms with Crippen LogP contribution in [0.2, 0.25) is 0 Å². The number of anilines is 1. The van der Waals surface area contributed by atoms with E-state index in [1.807, 2.05) is 48.2 Å². The maximum atomic E-state index is 12.6. The summed E-state index contributed by atoms with van der Waals surface area (Å²) in [6.07, 6.45) is 0.970. The number of benzene rings is 1. The van der Waals surface area contributed by atoms with Gasteiger partial charge < -0.3 is 9.80 Å². The van der Waals surface area contributed by atoms with Crippen molar-refractivity contribution in [2.75, 3.05) is 30.9 Å². The summed E-state index contributed by atoms with van der Waals surface area (Å²) in [5, 5.41) is 0.918. The summed E-state index contributed by atoms with van der Waals surface area (Å²) >= 11 is 3.42. The number of carbonyl (C=O) groups is 1. The number of hydrogen-bond donors (Lipinski definition) is 0. The van der Waals surface area contributed by atoms with Crippen LogP contribution in [0.15, 0.2) is 24.3 Å². The summed E-state index contributed by atoms with van der Waals surface area (Å²) in [7, 11) is 3.96. The van der Waals surface area contributed by atoms with Crippen molar-refractivity contribution in [3.8, 4) is 0 Å². The fourth-order valence-corrected chi connectivity index (χ4v) is 2.16. The van der Waals surface area contributed by atoms with Crippen molar-refractivity contribution in [3.63, 3.8) is 0 Å². The topological polar surface area (TPSA) is 23.6 Å². The molecule has 1 amide bonds. The highest BCUT2D eigenvalue weighted by Gasteiger charge is 2.18. The number of alkyl halides is 1. The van der Waals surface area contributed by atoms with Gasteiger partial charge in [-0.1, -0.05) is 22.0 Å². The van der Waals surface area contributed by atoms with Crippen LogP contribution in [0.3, 0.4) is 0 Å². The van der Waals surface area contributed by atoms with Gasteiger partial charge in [0.05, 0.1) is 0 Å². The second-order valence-electron chi connectivity index (χ2n) is 5.08. The van der Waals surface area contributed by atoms with Crippen molar-refractivity contribution >= 4 is 27.5 Å². The van der Waals surface area contributed by atoms with Gasteiger partial charge in [0.2, 0.25) is 0 Å². The van der Waals surface area contributed by atoms with E-state index in [1.54, 1.807) is 0 Å². The summed E-state index contributed by atoms with van der Waals surface area (Å²) in [6, 6.07) is 8.00. The number of carbonyl (C=O) groups excluding carboxylic acids is 1. The Bertz CT molecular complexity index is 418. The lowest BCUT2D eigenvalue weighted by Gasteiger charge is -2.27. The van der Waals surface area contributed by atoms with Crippen LogP contribution in [0.4, 0.5) is 5.69 Å². The Morgan fingerprint density at radius 2 is 2.00 bits per heavy atom. The third kappa shape index (κ3) is 4.53. The van der Waals surface area contributed by atoms with Crippen LogP contribution in [0.1, 0.15) is 30.6 Å². The Morgan fingerprint density at radius 3 is 2.53 bits per heavy atom. The molecule has 0 aliphatic heterocycles. The Hall–Kier alpha value is -1.03. The molecular weight excluding hydrogens is 304 g/mol. The molecule has 0 aliphatic rings. The molecule has 0 spiro atoms. The minimum absolute atomic E-state index is 0.111. The van der Waals surface area contributed by atoms with Gasteiger partial charge in [-0.2, -0.15) is 0 Å². The van der Waals surface area contributed by atoms with Crippen LogP contribution >= 0.6 is 15.9 Å². The van der Waals surface area contributed by atoms with E-state index in [2.05, 4.69) is 29.8 Å². The zero-order valence-corrected chi connectivity index (χ0v) is 13.8. The first kappa shape index (κ1) is 16.0. The van der Waals surface area contributed by atoms with E-state index < -0.39 is 0 Å². The third-order valence-corrected chi connectivity index (χ3v) is 3.59. The van der Waals surface area contributed by atoms with Crippen molar-refractivity contribution in [2.24, 2.45) is 0 Å². The lowest BCUT2D eigenvalue weighted by molar-refractivity contribution is 0.0707. The molecule has 0 fully saturated rings. The maximum absolute atomic E-state index is 12.6.